The normalized spacial score (nSPS) is 9.38. The first-order valence-electron chi connectivity index (χ1n) is 4.59. The molecule has 0 bridgehead atoms. The molecule has 0 radical (unpaired) electrons. The molecule has 0 amide bonds. The van der Waals surface area contributed by atoms with Gasteiger partial charge in [0.15, 0.2) is 5.75 Å². The maximum Gasteiger partial charge on any atom is 0.344 e. The molecule has 0 atom stereocenters. The first-order valence-corrected chi connectivity index (χ1v) is 4.59. The van der Waals surface area contributed by atoms with E-state index in [1.54, 1.807) is 6.92 Å². The number of nitriles is 1. The third-order valence-electron chi connectivity index (χ3n) is 1.91. The average molecular weight is 223 g/mol. The molecule has 0 aliphatic rings. The van der Waals surface area contributed by atoms with Crippen LogP contribution in [0.3, 0.4) is 0 Å². The van der Waals surface area contributed by atoms with Crippen LogP contribution in [0.1, 0.15) is 22.8 Å². The van der Waals surface area contributed by atoms with Crippen molar-refractivity contribution in [3.8, 4) is 11.8 Å². The van der Waals surface area contributed by atoms with Crippen LogP contribution in [0.25, 0.3) is 0 Å². The highest BCUT2D eigenvalue weighted by Gasteiger charge is 2.22. The molecule has 0 fully saturated rings. The van der Waals surface area contributed by atoms with Crippen LogP contribution in [0.4, 0.5) is 4.39 Å². The molecule has 5 heteroatoms. The molecule has 1 rings (SSSR count). The summed E-state index contributed by atoms with van der Waals surface area (Å²) in [5, 5.41) is 8.77. The zero-order valence-electron chi connectivity index (χ0n) is 8.91. The number of methoxy groups -OCH3 is 1. The van der Waals surface area contributed by atoms with E-state index < -0.39 is 11.8 Å². The lowest BCUT2D eigenvalue weighted by atomic mass is 10.1. The summed E-state index contributed by atoms with van der Waals surface area (Å²) in [6.45, 7) is 1.73. The number of carbonyl (C=O) groups excluding carboxylic acids is 1. The second-order valence-electron chi connectivity index (χ2n) is 2.84. The summed E-state index contributed by atoms with van der Waals surface area (Å²) in [6.07, 6.45) is 0. The van der Waals surface area contributed by atoms with E-state index in [1.807, 2.05) is 6.07 Å². The van der Waals surface area contributed by atoms with Crippen molar-refractivity contribution in [3.05, 3.63) is 29.1 Å². The van der Waals surface area contributed by atoms with E-state index in [0.29, 0.717) is 0 Å². The van der Waals surface area contributed by atoms with E-state index >= 15 is 0 Å². The SMILES string of the molecule is CCOC(=O)c1c(F)ccc(C#N)c1OC. The van der Waals surface area contributed by atoms with Gasteiger partial charge in [-0.15, -0.1) is 0 Å². The van der Waals surface area contributed by atoms with E-state index in [0.717, 1.165) is 6.07 Å². The monoisotopic (exact) mass is 223 g/mol. The minimum Gasteiger partial charge on any atom is -0.494 e. The van der Waals surface area contributed by atoms with Crippen molar-refractivity contribution in [2.24, 2.45) is 0 Å². The van der Waals surface area contributed by atoms with E-state index in [4.69, 9.17) is 10.00 Å². The Hall–Kier alpha value is -2.09. The van der Waals surface area contributed by atoms with E-state index in [-0.39, 0.29) is 23.5 Å². The van der Waals surface area contributed by atoms with Crippen LogP contribution in [0, 0.1) is 17.1 Å². The molecule has 1 aromatic rings. The van der Waals surface area contributed by atoms with Gasteiger partial charge >= 0.3 is 5.97 Å². The molecular formula is C11H10FNO3. The molecule has 84 valence electrons. The lowest BCUT2D eigenvalue weighted by Crippen LogP contribution is -2.10. The highest BCUT2D eigenvalue weighted by Crippen LogP contribution is 2.26. The van der Waals surface area contributed by atoms with E-state index in [1.165, 1.54) is 13.2 Å². The zero-order chi connectivity index (χ0) is 12.1. The minimum absolute atomic E-state index is 0.0898. The number of ether oxygens (including phenoxy) is 2. The summed E-state index contributed by atoms with van der Waals surface area (Å²) >= 11 is 0. The Morgan fingerprint density at radius 1 is 1.56 bits per heavy atom. The van der Waals surface area contributed by atoms with Crippen LogP contribution in [-0.4, -0.2) is 19.7 Å². The van der Waals surface area contributed by atoms with Gasteiger partial charge in [-0.05, 0) is 19.1 Å². The Morgan fingerprint density at radius 3 is 2.75 bits per heavy atom. The highest BCUT2D eigenvalue weighted by atomic mass is 19.1. The molecule has 0 unspecified atom stereocenters. The van der Waals surface area contributed by atoms with E-state index in [2.05, 4.69) is 4.74 Å². The summed E-state index contributed by atoms with van der Waals surface area (Å²) in [6, 6.07) is 4.09. The number of hydrogen-bond donors (Lipinski definition) is 0. The second-order valence-corrected chi connectivity index (χ2v) is 2.84. The number of halogens is 1. The average Bonchev–Trinajstić information content (AvgIpc) is 2.28. The highest BCUT2D eigenvalue weighted by molar-refractivity contribution is 5.93. The second kappa shape index (κ2) is 5.12. The first-order chi connectivity index (χ1) is 7.65. The molecule has 0 saturated carbocycles. The van der Waals surface area contributed by atoms with Gasteiger partial charge in [0, 0.05) is 0 Å². The van der Waals surface area contributed by atoms with Crippen molar-refractivity contribution in [3.63, 3.8) is 0 Å². The van der Waals surface area contributed by atoms with Gasteiger partial charge in [0.25, 0.3) is 0 Å². The van der Waals surface area contributed by atoms with Crippen LogP contribution in [0.15, 0.2) is 12.1 Å². The summed E-state index contributed by atoms with van der Waals surface area (Å²) in [5.41, 5.74) is -0.254. The van der Waals surface area contributed by atoms with Gasteiger partial charge in [0.05, 0.1) is 19.3 Å². The Morgan fingerprint density at radius 2 is 2.25 bits per heavy atom. The number of nitrogens with zero attached hydrogens (tertiary/aromatic N) is 1. The molecule has 4 nitrogen and oxygen atoms in total. The maximum absolute atomic E-state index is 13.4. The molecule has 0 aromatic heterocycles. The molecular weight excluding hydrogens is 213 g/mol. The van der Waals surface area contributed by atoms with Gasteiger partial charge in [-0.1, -0.05) is 0 Å². The summed E-state index contributed by atoms with van der Waals surface area (Å²) in [5.74, 6) is -1.70. The molecule has 0 heterocycles. The smallest absolute Gasteiger partial charge is 0.344 e. The van der Waals surface area contributed by atoms with Crippen LogP contribution in [0.5, 0.6) is 5.75 Å². The number of esters is 1. The number of carbonyl (C=O) groups is 1. The van der Waals surface area contributed by atoms with Crippen molar-refractivity contribution in [1.82, 2.24) is 0 Å². The summed E-state index contributed by atoms with van der Waals surface area (Å²) in [7, 11) is 1.26. The van der Waals surface area contributed by atoms with Crippen molar-refractivity contribution in [2.45, 2.75) is 6.92 Å². The van der Waals surface area contributed by atoms with Crippen molar-refractivity contribution in [2.75, 3.05) is 13.7 Å². The fourth-order valence-corrected chi connectivity index (χ4v) is 1.25. The van der Waals surface area contributed by atoms with Gasteiger partial charge < -0.3 is 9.47 Å². The topological polar surface area (TPSA) is 59.3 Å². The van der Waals surface area contributed by atoms with Gasteiger partial charge in [-0.3, -0.25) is 0 Å². The Kier molecular flexibility index (Phi) is 3.84. The fraction of sp³-hybridized carbons (Fsp3) is 0.273. The lowest BCUT2D eigenvalue weighted by Gasteiger charge is -2.09. The van der Waals surface area contributed by atoms with Crippen molar-refractivity contribution in [1.29, 1.82) is 5.26 Å². The first kappa shape index (κ1) is 12.0. The predicted molar refractivity (Wildman–Crippen MR) is 53.6 cm³/mol. The third kappa shape index (κ3) is 2.11. The Bertz CT molecular complexity index is 451. The summed E-state index contributed by atoms with van der Waals surface area (Å²) < 4.78 is 23.0. The maximum atomic E-state index is 13.4. The van der Waals surface area contributed by atoms with Crippen LogP contribution >= 0.6 is 0 Å². The molecule has 0 aliphatic carbocycles. The van der Waals surface area contributed by atoms with Crippen molar-refractivity contribution < 1.29 is 18.7 Å². The molecule has 0 saturated heterocycles. The largest absolute Gasteiger partial charge is 0.494 e. The molecule has 1 aromatic carbocycles. The zero-order valence-corrected chi connectivity index (χ0v) is 8.91. The number of rotatable bonds is 3. The number of benzene rings is 1. The minimum atomic E-state index is -0.839. The van der Waals surface area contributed by atoms with Gasteiger partial charge in [-0.25, -0.2) is 9.18 Å². The Balaban J connectivity index is 3.35. The van der Waals surface area contributed by atoms with E-state index in [9.17, 15) is 9.18 Å². The lowest BCUT2D eigenvalue weighted by molar-refractivity contribution is 0.0517. The molecule has 0 aliphatic heterocycles. The molecule has 0 spiro atoms. The predicted octanol–water partition coefficient (Wildman–Crippen LogP) is 1.88. The molecule has 0 N–H and O–H groups in total. The Labute approximate surface area is 92.2 Å². The third-order valence-corrected chi connectivity index (χ3v) is 1.91. The van der Waals surface area contributed by atoms with Crippen LogP contribution < -0.4 is 4.74 Å². The van der Waals surface area contributed by atoms with Gasteiger partial charge in [0.1, 0.15) is 17.4 Å². The van der Waals surface area contributed by atoms with Crippen LogP contribution in [-0.2, 0) is 4.74 Å². The van der Waals surface area contributed by atoms with Gasteiger partial charge in [0.2, 0.25) is 0 Å². The molecule has 16 heavy (non-hydrogen) atoms. The van der Waals surface area contributed by atoms with Crippen molar-refractivity contribution >= 4 is 5.97 Å². The van der Waals surface area contributed by atoms with Gasteiger partial charge in [-0.2, -0.15) is 5.26 Å². The van der Waals surface area contributed by atoms with Crippen LogP contribution in [0.2, 0.25) is 0 Å². The number of hydrogen-bond acceptors (Lipinski definition) is 4. The fourth-order valence-electron chi connectivity index (χ4n) is 1.25. The standard InChI is InChI=1S/C11H10FNO3/c1-3-16-11(14)9-8(12)5-4-7(6-13)10(9)15-2/h4-5H,3H2,1-2H3. The quantitative estimate of drug-likeness (QED) is 0.734. The summed E-state index contributed by atoms with van der Waals surface area (Å²) in [4.78, 5) is 11.5.